The van der Waals surface area contributed by atoms with E-state index in [4.69, 9.17) is 28.5 Å². The number of nitrogens with zero attached hydrogens (tertiary/aromatic N) is 7. The molecule has 1 atom stereocenters. The number of likely N-dealkylation sites (tertiary alicyclic amines) is 1. The van der Waals surface area contributed by atoms with Gasteiger partial charge in [-0.15, -0.1) is 0 Å². The van der Waals surface area contributed by atoms with Gasteiger partial charge in [-0.25, -0.2) is 19.9 Å². The Morgan fingerprint density at radius 1 is 0.672 bits per heavy atom. The minimum absolute atomic E-state index is 0.0164. The summed E-state index contributed by atoms with van der Waals surface area (Å²) >= 11 is 14.4. The number of hydrogen-bond acceptors (Lipinski definition) is 8. The Morgan fingerprint density at radius 2 is 1.16 bits per heavy atom. The van der Waals surface area contributed by atoms with E-state index in [0.717, 1.165) is 44.5 Å². The monoisotopic (exact) mass is 870 g/mol. The molecule has 5 heterocycles. The molecule has 9 nitrogen and oxygen atoms in total. The van der Waals surface area contributed by atoms with Gasteiger partial charge in [-0.1, -0.05) is 114 Å². The number of hydrogen-bond donors (Lipinski definition) is 1. The molecule has 0 spiro atoms. The Kier molecular flexibility index (Phi) is 16.7. The first kappa shape index (κ1) is 43.0. The van der Waals surface area contributed by atoms with E-state index in [-0.39, 0.29) is 11.8 Å². The van der Waals surface area contributed by atoms with Gasteiger partial charge in [0.05, 0.1) is 5.92 Å². The number of nitriles is 1. The van der Waals surface area contributed by atoms with Gasteiger partial charge in [-0.3, -0.25) is 9.69 Å². The van der Waals surface area contributed by atoms with Crippen molar-refractivity contribution < 1.29 is 4.79 Å². The van der Waals surface area contributed by atoms with Crippen LogP contribution in [0.5, 0.6) is 0 Å². The molecule has 0 radical (unpaired) electrons. The lowest BCUT2D eigenvalue weighted by molar-refractivity contribution is -0.121. The third kappa shape index (κ3) is 13.2. The second-order valence-electron chi connectivity index (χ2n) is 12.8. The lowest BCUT2D eigenvalue weighted by Gasteiger charge is -2.20. The largest absolute Gasteiger partial charge is 0.373 e. The maximum atomic E-state index is 12.5. The lowest BCUT2D eigenvalue weighted by atomic mass is 10.1. The molecule has 4 aromatic heterocycles. The first-order valence-electron chi connectivity index (χ1n) is 18.3. The van der Waals surface area contributed by atoms with Crippen molar-refractivity contribution in [1.29, 1.82) is 5.26 Å². The van der Waals surface area contributed by atoms with Crippen LogP contribution >= 0.6 is 39.1 Å². The summed E-state index contributed by atoms with van der Waals surface area (Å²) < 4.78 is 0.946. The molecule has 0 aliphatic carbocycles. The van der Waals surface area contributed by atoms with Crippen LogP contribution in [0.4, 0.5) is 11.6 Å². The van der Waals surface area contributed by atoms with Gasteiger partial charge in [0.1, 0.15) is 21.9 Å². The molecule has 1 N–H and O–H groups in total. The number of amides is 1. The number of aromatic nitrogens is 4. The average molecular weight is 873 g/mol. The van der Waals surface area contributed by atoms with Crippen molar-refractivity contribution in [2.24, 2.45) is 5.92 Å². The molecule has 1 fully saturated rings. The van der Waals surface area contributed by atoms with Crippen LogP contribution in [0.2, 0.25) is 10.3 Å². The Hall–Kier alpha value is -6.12. The number of rotatable bonds is 6. The quantitative estimate of drug-likeness (QED) is 0.130. The summed E-state index contributed by atoms with van der Waals surface area (Å²) in [7, 11) is 3.60. The van der Waals surface area contributed by atoms with Gasteiger partial charge >= 0.3 is 0 Å². The molecule has 58 heavy (non-hydrogen) atoms. The summed E-state index contributed by atoms with van der Waals surface area (Å²) in [5.41, 5.74) is 6.71. The van der Waals surface area contributed by atoms with Crippen molar-refractivity contribution in [2.45, 2.75) is 6.42 Å². The topological polar surface area (TPSA) is 111 Å². The van der Waals surface area contributed by atoms with Gasteiger partial charge in [0.15, 0.2) is 6.19 Å². The molecule has 0 unspecified atom stereocenters. The molecule has 1 amide bonds. The zero-order valence-corrected chi connectivity index (χ0v) is 35.1. The first-order valence-corrected chi connectivity index (χ1v) is 19.9. The predicted octanol–water partition coefficient (Wildman–Crippen LogP) is 11.2. The highest BCUT2D eigenvalue weighted by Gasteiger charge is 2.30. The van der Waals surface area contributed by atoms with E-state index >= 15 is 0 Å². The number of carbonyl (C=O) groups is 1. The Morgan fingerprint density at radius 3 is 1.53 bits per heavy atom. The SMILES string of the molecule is CN(C(=O)[C@@H]1CCN(C#N)C1)c1ccc(-c2ccccc2)cn1.CNc1ccc(-c2ccccc2)cn1.Clc1ccc(-c2ccccc2)cn1.Clc1ccc(Br)cn1. The van der Waals surface area contributed by atoms with Crippen LogP contribution in [0.25, 0.3) is 33.4 Å². The molecule has 1 aliphatic heterocycles. The Labute approximate surface area is 358 Å². The molecule has 8 rings (SSSR count). The second kappa shape index (κ2) is 22.6. The molecule has 7 aromatic rings. The molecular weight excluding hydrogens is 831 g/mol. The van der Waals surface area contributed by atoms with Crippen molar-refractivity contribution >= 4 is 56.7 Å². The number of carbonyl (C=O) groups excluding carboxylic acids is 1. The lowest BCUT2D eigenvalue weighted by Crippen LogP contribution is -2.34. The molecule has 3 aromatic carbocycles. The Balaban J connectivity index is 0.000000158. The van der Waals surface area contributed by atoms with Crippen LogP contribution in [-0.2, 0) is 4.79 Å². The van der Waals surface area contributed by atoms with Crippen LogP contribution in [0.1, 0.15) is 6.42 Å². The summed E-state index contributed by atoms with van der Waals surface area (Å²) in [6.45, 7) is 1.16. The first-order chi connectivity index (χ1) is 28.2. The van der Waals surface area contributed by atoms with E-state index in [1.807, 2.05) is 122 Å². The van der Waals surface area contributed by atoms with Crippen LogP contribution in [0, 0.1) is 17.4 Å². The minimum atomic E-state index is -0.129. The van der Waals surface area contributed by atoms with Crippen LogP contribution in [0.3, 0.4) is 0 Å². The van der Waals surface area contributed by atoms with Gasteiger partial charge in [0.25, 0.3) is 0 Å². The third-order valence-corrected chi connectivity index (χ3v) is 9.78. The van der Waals surface area contributed by atoms with Gasteiger partial charge in [0, 0.05) is 73.1 Å². The highest BCUT2D eigenvalue weighted by atomic mass is 79.9. The maximum Gasteiger partial charge on any atom is 0.232 e. The summed E-state index contributed by atoms with van der Waals surface area (Å²) in [6, 6.07) is 45.5. The zero-order chi connectivity index (χ0) is 41.1. The molecule has 1 saturated heterocycles. The zero-order valence-electron chi connectivity index (χ0n) is 32.0. The maximum absolute atomic E-state index is 12.5. The highest BCUT2D eigenvalue weighted by Crippen LogP contribution is 2.24. The average Bonchev–Trinajstić information content (AvgIpc) is 3.79. The minimum Gasteiger partial charge on any atom is -0.373 e. The van der Waals surface area contributed by atoms with E-state index in [2.05, 4.69) is 65.6 Å². The highest BCUT2D eigenvalue weighted by molar-refractivity contribution is 9.10. The standard InChI is InChI=1S/C18H18N4O.C12H12N2.C11H8ClN.C5H3BrClN/c1-21(18(23)16-9-10-22(12-16)13-19)17-8-7-15(11-20-17)14-5-3-2-4-6-14;1-13-12-8-7-11(9-14-12)10-5-3-2-4-6-10;12-11-7-6-10(8-13-11)9-4-2-1-3-5-9;6-4-1-2-5(7)8-3-4/h2-8,11,16H,9-10,12H2,1H3;2-9H,1H3,(H,13,14);1-8H;1-3H/t16-;;;/m1.../s1. The number of anilines is 2. The molecule has 1 aliphatic rings. The Bertz CT molecular complexity index is 2290. The van der Waals surface area contributed by atoms with E-state index in [9.17, 15) is 4.79 Å². The number of halogens is 3. The van der Waals surface area contributed by atoms with Crippen molar-refractivity contribution in [2.75, 3.05) is 37.4 Å². The van der Waals surface area contributed by atoms with Gasteiger partial charge in [-0.05, 0) is 87.6 Å². The predicted molar refractivity (Wildman–Crippen MR) is 239 cm³/mol. The van der Waals surface area contributed by atoms with E-state index in [1.54, 1.807) is 47.6 Å². The normalized spacial score (nSPS) is 12.6. The number of nitrogens with one attached hydrogen (secondary N) is 1. The number of pyridine rings is 4. The van der Waals surface area contributed by atoms with Crippen LogP contribution in [0.15, 0.2) is 169 Å². The molecule has 292 valence electrons. The summed E-state index contributed by atoms with van der Waals surface area (Å²) in [5.74, 6) is 1.41. The fraction of sp³-hybridized carbons (Fsp3) is 0.130. The van der Waals surface area contributed by atoms with Crippen LogP contribution < -0.4 is 10.2 Å². The van der Waals surface area contributed by atoms with Crippen molar-refractivity contribution in [3.05, 3.63) is 179 Å². The van der Waals surface area contributed by atoms with Crippen molar-refractivity contribution in [1.82, 2.24) is 24.8 Å². The summed E-state index contributed by atoms with van der Waals surface area (Å²) in [5, 5.41) is 12.9. The van der Waals surface area contributed by atoms with E-state index in [0.29, 0.717) is 29.2 Å². The van der Waals surface area contributed by atoms with Gasteiger partial charge in [-0.2, -0.15) is 5.26 Å². The third-order valence-electron chi connectivity index (χ3n) is 8.86. The fourth-order valence-electron chi connectivity index (χ4n) is 5.70. The summed E-state index contributed by atoms with van der Waals surface area (Å²) in [6.07, 6.45) is 9.91. The van der Waals surface area contributed by atoms with E-state index < -0.39 is 0 Å². The molecule has 0 bridgehead atoms. The molecule has 0 saturated carbocycles. The fourth-order valence-corrected chi connectivity index (χ4v) is 6.16. The van der Waals surface area contributed by atoms with Crippen molar-refractivity contribution in [3.63, 3.8) is 0 Å². The van der Waals surface area contributed by atoms with Gasteiger partial charge < -0.3 is 10.2 Å². The van der Waals surface area contributed by atoms with Crippen LogP contribution in [-0.4, -0.2) is 57.9 Å². The summed E-state index contributed by atoms with van der Waals surface area (Å²) in [4.78, 5) is 32.2. The molecule has 12 heteroatoms. The number of benzene rings is 3. The van der Waals surface area contributed by atoms with E-state index in [1.165, 1.54) is 5.56 Å². The second-order valence-corrected chi connectivity index (χ2v) is 14.5. The van der Waals surface area contributed by atoms with Crippen molar-refractivity contribution in [3.8, 4) is 39.6 Å². The smallest absolute Gasteiger partial charge is 0.232 e. The molecular formula is C46H41BrCl2N8O. The van der Waals surface area contributed by atoms with Gasteiger partial charge in [0.2, 0.25) is 5.91 Å².